The van der Waals surface area contributed by atoms with Crippen LogP contribution < -0.4 is 0 Å². The number of hydrogen-bond acceptors (Lipinski definition) is 8. The van der Waals surface area contributed by atoms with Crippen LogP contribution in [-0.4, -0.2) is 43.6 Å². The van der Waals surface area contributed by atoms with Crippen molar-refractivity contribution in [1.29, 1.82) is 0 Å². The Morgan fingerprint density at radius 1 is 0.949 bits per heavy atom. The normalized spacial score (nSPS) is 14.2. The van der Waals surface area contributed by atoms with E-state index in [0.29, 0.717) is 35.1 Å². The molecule has 0 N–H and O–H groups in total. The van der Waals surface area contributed by atoms with Gasteiger partial charge < -0.3 is 9.42 Å². The van der Waals surface area contributed by atoms with Crippen molar-refractivity contribution in [3.63, 3.8) is 0 Å². The summed E-state index contributed by atoms with van der Waals surface area (Å²) in [4.78, 5) is 22.6. The van der Waals surface area contributed by atoms with Crippen molar-refractivity contribution < 1.29 is 9.32 Å². The highest BCUT2D eigenvalue weighted by molar-refractivity contribution is 7.15. The van der Waals surface area contributed by atoms with Crippen LogP contribution in [0.3, 0.4) is 0 Å². The van der Waals surface area contributed by atoms with Crippen LogP contribution in [0, 0.1) is 20.8 Å². The van der Waals surface area contributed by atoms with E-state index in [9.17, 15) is 4.79 Å². The number of carbonyl (C=O) groups excluding carboxylic acids is 1. The van der Waals surface area contributed by atoms with Crippen LogP contribution in [0.5, 0.6) is 0 Å². The van der Waals surface area contributed by atoms with Gasteiger partial charge in [-0.05, 0) is 62.8 Å². The number of amides is 1. The summed E-state index contributed by atoms with van der Waals surface area (Å²) in [6.07, 6.45) is 1.68. The zero-order chi connectivity index (χ0) is 27.1. The first-order valence-corrected chi connectivity index (χ1v) is 14.7. The maximum Gasteiger partial charge on any atom is 0.259 e. The Hall–Kier alpha value is -3.40. The molecule has 7 nitrogen and oxygen atoms in total. The summed E-state index contributed by atoms with van der Waals surface area (Å²) in [6, 6.07) is 16.5. The number of carbonyl (C=O) groups is 1. The van der Waals surface area contributed by atoms with Crippen molar-refractivity contribution in [2.24, 2.45) is 0 Å². The number of aromatic nitrogens is 4. The summed E-state index contributed by atoms with van der Waals surface area (Å²) >= 11 is 9.13. The van der Waals surface area contributed by atoms with E-state index in [0.717, 1.165) is 50.1 Å². The fraction of sp³-hybridized carbons (Fsp3) is 0.276. The first kappa shape index (κ1) is 25.9. The molecule has 198 valence electrons. The minimum Gasteiger partial charge on any atom is -0.354 e. The summed E-state index contributed by atoms with van der Waals surface area (Å²) in [7, 11) is 0. The molecule has 0 spiro atoms. The van der Waals surface area contributed by atoms with Crippen molar-refractivity contribution in [3.8, 4) is 32.3 Å². The molecule has 0 saturated carbocycles. The van der Waals surface area contributed by atoms with E-state index < -0.39 is 0 Å². The van der Waals surface area contributed by atoms with Gasteiger partial charge in [0.05, 0.1) is 27.0 Å². The molecule has 10 heteroatoms. The third-order valence-corrected chi connectivity index (χ3v) is 9.49. The highest BCUT2D eigenvalue weighted by Crippen LogP contribution is 2.42. The van der Waals surface area contributed by atoms with Gasteiger partial charge in [-0.2, -0.15) is 0 Å². The first-order chi connectivity index (χ1) is 18.9. The molecule has 6 rings (SSSR count). The molecule has 4 heterocycles. The summed E-state index contributed by atoms with van der Waals surface area (Å²) in [5.74, 6) is 0.680. The van der Waals surface area contributed by atoms with Gasteiger partial charge in [-0.25, -0.2) is 4.98 Å². The standard InChI is InChI=1S/C29H26ClN5O2S2/c1-16-4-6-20(7-5-16)27-24(19-8-10-22(30)11-9-19)31-28(38-27)21-12-14-35(15-13-21)29(36)23-17(2)33-37-25(23)26-18(3)32-34-39-26/h4-11,21H,12-15H2,1-3H3. The van der Waals surface area contributed by atoms with E-state index in [-0.39, 0.29) is 11.8 Å². The Labute approximate surface area is 239 Å². The molecule has 0 bridgehead atoms. The topological polar surface area (TPSA) is 85.0 Å². The Morgan fingerprint density at radius 3 is 2.31 bits per heavy atom. The van der Waals surface area contributed by atoms with Gasteiger partial charge in [0.15, 0.2) is 5.76 Å². The van der Waals surface area contributed by atoms with Gasteiger partial charge in [0.1, 0.15) is 10.4 Å². The first-order valence-electron chi connectivity index (χ1n) is 12.8. The van der Waals surface area contributed by atoms with E-state index >= 15 is 0 Å². The average Bonchev–Trinajstić information content (AvgIpc) is 3.67. The lowest BCUT2D eigenvalue weighted by atomic mass is 9.96. The fourth-order valence-electron chi connectivity index (χ4n) is 4.92. The van der Waals surface area contributed by atoms with Gasteiger partial charge in [0.25, 0.3) is 5.91 Å². The number of rotatable bonds is 5. The summed E-state index contributed by atoms with van der Waals surface area (Å²) in [5.41, 5.74) is 6.23. The van der Waals surface area contributed by atoms with E-state index in [4.69, 9.17) is 21.1 Å². The quantitative estimate of drug-likeness (QED) is 0.215. The zero-order valence-corrected chi connectivity index (χ0v) is 24.2. The predicted molar refractivity (Wildman–Crippen MR) is 155 cm³/mol. The maximum atomic E-state index is 13.6. The van der Waals surface area contributed by atoms with Crippen LogP contribution in [0.4, 0.5) is 0 Å². The molecule has 0 atom stereocenters. The van der Waals surface area contributed by atoms with Crippen molar-refractivity contribution in [1.82, 2.24) is 24.6 Å². The largest absolute Gasteiger partial charge is 0.354 e. The molecule has 1 fully saturated rings. The number of hydrogen-bond donors (Lipinski definition) is 0. The molecule has 1 amide bonds. The number of likely N-dealkylation sites (tertiary alicyclic amines) is 1. The number of thiazole rings is 1. The molecular weight excluding hydrogens is 550 g/mol. The smallest absolute Gasteiger partial charge is 0.259 e. The third-order valence-electron chi connectivity index (χ3n) is 7.14. The van der Waals surface area contributed by atoms with Gasteiger partial charge in [-0.1, -0.05) is 63.2 Å². The second-order valence-electron chi connectivity index (χ2n) is 9.83. The van der Waals surface area contributed by atoms with Gasteiger partial charge in [0, 0.05) is 29.6 Å². The maximum absolute atomic E-state index is 13.6. The van der Waals surface area contributed by atoms with Crippen LogP contribution in [0.15, 0.2) is 53.1 Å². The molecule has 1 saturated heterocycles. The zero-order valence-electron chi connectivity index (χ0n) is 21.8. The summed E-state index contributed by atoms with van der Waals surface area (Å²) < 4.78 is 9.55. The fourth-order valence-corrected chi connectivity index (χ4v) is 6.95. The van der Waals surface area contributed by atoms with Gasteiger partial charge in [-0.15, -0.1) is 16.4 Å². The molecule has 0 unspecified atom stereocenters. The summed E-state index contributed by atoms with van der Waals surface area (Å²) in [5, 5.41) is 9.96. The van der Waals surface area contributed by atoms with Crippen LogP contribution in [-0.2, 0) is 0 Å². The lowest BCUT2D eigenvalue weighted by Gasteiger charge is -2.31. The SMILES string of the molecule is Cc1ccc(-c2sc(C3CCN(C(=O)c4c(C)noc4-c4snnc4C)CC3)nc2-c2ccc(Cl)cc2)cc1. The van der Waals surface area contributed by atoms with Crippen LogP contribution in [0.25, 0.3) is 32.3 Å². The summed E-state index contributed by atoms with van der Waals surface area (Å²) in [6.45, 7) is 7.04. The second kappa shape index (κ2) is 10.6. The second-order valence-corrected chi connectivity index (χ2v) is 12.1. The lowest BCUT2D eigenvalue weighted by molar-refractivity contribution is 0.0712. The van der Waals surface area contributed by atoms with Gasteiger partial charge in [-0.3, -0.25) is 4.79 Å². The monoisotopic (exact) mass is 575 g/mol. The highest BCUT2D eigenvalue weighted by Gasteiger charge is 2.32. The average molecular weight is 576 g/mol. The van der Waals surface area contributed by atoms with Gasteiger partial charge in [0.2, 0.25) is 0 Å². The van der Waals surface area contributed by atoms with Crippen molar-refractivity contribution in [2.45, 2.75) is 39.5 Å². The van der Waals surface area contributed by atoms with Gasteiger partial charge >= 0.3 is 0 Å². The highest BCUT2D eigenvalue weighted by atomic mass is 35.5. The molecule has 0 radical (unpaired) electrons. The van der Waals surface area contributed by atoms with E-state index in [2.05, 4.69) is 45.9 Å². The minimum absolute atomic E-state index is 0.0589. The molecule has 0 aliphatic carbocycles. The molecule has 3 aromatic heterocycles. The number of benzene rings is 2. The molecule has 5 aromatic rings. The Balaban J connectivity index is 1.25. The number of piperidine rings is 1. The molecule has 39 heavy (non-hydrogen) atoms. The third kappa shape index (κ3) is 5.02. The lowest BCUT2D eigenvalue weighted by Crippen LogP contribution is -2.38. The van der Waals surface area contributed by atoms with E-state index in [1.54, 1.807) is 18.3 Å². The minimum atomic E-state index is -0.0589. The van der Waals surface area contributed by atoms with Crippen molar-refractivity contribution in [2.75, 3.05) is 13.1 Å². The molecular formula is C29H26ClN5O2S2. The Kier molecular flexibility index (Phi) is 7.05. The van der Waals surface area contributed by atoms with Crippen molar-refractivity contribution in [3.05, 3.63) is 81.1 Å². The molecule has 1 aliphatic heterocycles. The predicted octanol–water partition coefficient (Wildman–Crippen LogP) is 7.58. The molecule has 1 aliphatic rings. The molecule has 2 aromatic carbocycles. The number of halogens is 1. The Morgan fingerprint density at radius 2 is 1.64 bits per heavy atom. The van der Waals surface area contributed by atoms with Crippen molar-refractivity contribution >= 4 is 40.4 Å². The van der Waals surface area contributed by atoms with E-state index in [1.165, 1.54) is 17.1 Å². The number of nitrogens with zero attached hydrogens (tertiary/aromatic N) is 5. The van der Waals surface area contributed by atoms with Crippen LogP contribution in [0.2, 0.25) is 5.02 Å². The van der Waals surface area contributed by atoms with Crippen LogP contribution in [0.1, 0.15) is 51.1 Å². The Bertz CT molecular complexity index is 1570. The van der Waals surface area contributed by atoms with E-state index in [1.807, 2.05) is 36.1 Å². The number of aryl methyl sites for hydroxylation is 3. The van der Waals surface area contributed by atoms with Crippen LogP contribution >= 0.6 is 34.5 Å².